The summed E-state index contributed by atoms with van der Waals surface area (Å²) >= 11 is 6.74. The normalized spacial score (nSPS) is 16.1. The Labute approximate surface area is 151 Å². The van der Waals surface area contributed by atoms with E-state index in [2.05, 4.69) is 0 Å². The molecule has 0 bridgehead atoms. The monoisotopic (exact) mass is 355 g/mol. The number of anilines is 1. The lowest BCUT2D eigenvalue weighted by Gasteiger charge is -2.15. The van der Waals surface area contributed by atoms with E-state index in [1.807, 2.05) is 62.4 Å². The van der Waals surface area contributed by atoms with Gasteiger partial charge in [0.15, 0.2) is 4.32 Å². The number of aryl methyl sites for hydroxylation is 2. The maximum atomic E-state index is 12.8. The number of hydrogen-bond donors (Lipinski definition) is 0. The van der Waals surface area contributed by atoms with Gasteiger partial charge >= 0.3 is 0 Å². The van der Waals surface area contributed by atoms with E-state index in [-0.39, 0.29) is 5.91 Å². The third-order valence-electron chi connectivity index (χ3n) is 3.93. The molecule has 0 aliphatic carbocycles. The fraction of sp³-hybridized carbons (Fsp3) is 0.158. The van der Waals surface area contributed by atoms with Crippen LogP contribution in [0.1, 0.15) is 16.7 Å². The summed E-state index contributed by atoms with van der Waals surface area (Å²) in [5.74, 6) is 0.671. The highest BCUT2D eigenvalue weighted by Crippen LogP contribution is 2.36. The molecule has 2 aromatic carbocycles. The summed E-state index contributed by atoms with van der Waals surface area (Å²) in [6.45, 7) is 4.08. The molecule has 122 valence electrons. The van der Waals surface area contributed by atoms with Crippen LogP contribution in [0.2, 0.25) is 0 Å². The first-order valence-electron chi connectivity index (χ1n) is 7.49. The quantitative estimate of drug-likeness (QED) is 0.589. The van der Waals surface area contributed by atoms with Gasteiger partial charge in [0.05, 0.1) is 17.7 Å². The van der Waals surface area contributed by atoms with Gasteiger partial charge in [-0.3, -0.25) is 9.69 Å². The molecule has 1 heterocycles. The van der Waals surface area contributed by atoms with E-state index in [4.69, 9.17) is 17.0 Å². The van der Waals surface area contributed by atoms with Crippen molar-refractivity contribution in [2.24, 2.45) is 0 Å². The summed E-state index contributed by atoms with van der Waals surface area (Å²) in [7, 11) is 1.62. The molecule has 0 spiro atoms. The van der Waals surface area contributed by atoms with Gasteiger partial charge in [0, 0.05) is 0 Å². The van der Waals surface area contributed by atoms with E-state index >= 15 is 0 Å². The number of rotatable bonds is 3. The Kier molecular flexibility index (Phi) is 4.73. The molecule has 0 saturated carbocycles. The minimum atomic E-state index is -0.0870. The van der Waals surface area contributed by atoms with Crippen LogP contribution in [0.3, 0.4) is 0 Å². The van der Waals surface area contributed by atoms with Crippen molar-refractivity contribution < 1.29 is 9.53 Å². The molecule has 0 radical (unpaired) electrons. The molecule has 5 heteroatoms. The predicted molar refractivity (Wildman–Crippen MR) is 105 cm³/mol. The number of amides is 1. The van der Waals surface area contributed by atoms with Gasteiger partial charge in [-0.05, 0) is 60.9 Å². The minimum absolute atomic E-state index is 0.0870. The Morgan fingerprint density at radius 3 is 2.62 bits per heavy atom. The summed E-state index contributed by atoms with van der Waals surface area (Å²) in [4.78, 5) is 15.0. The van der Waals surface area contributed by atoms with Crippen molar-refractivity contribution in [2.75, 3.05) is 12.0 Å². The highest BCUT2D eigenvalue weighted by Gasteiger charge is 2.33. The van der Waals surface area contributed by atoms with Gasteiger partial charge in [0.25, 0.3) is 5.91 Å². The molecular formula is C19H17NO2S2. The van der Waals surface area contributed by atoms with Crippen molar-refractivity contribution in [3.63, 3.8) is 0 Å². The number of thioether (sulfide) groups is 1. The Morgan fingerprint density at radius 1 is 1.12 bits per heavy atom. The minimum Gasteiger partial charge on any atom is -0.497 e. The van der Waals surface area contributed by atoms with Gasteiger partial charge in [0.1, 0.15) is 5.75 Å². The average Bonchev–Trinajstić information content (AvgIpc) is 2.84. The third-order valence-corrected chi connectivity index (χ3v) is 5.24. The lowest BCUT2D eigenvalue weighted by Crippen LogP contribution is -2.27. The maximum absolute atomic E-state index is 12.8. The second-order valence-electron chi connectivity index (χ2n) is 5.56. The molecular weight excluding hydrogens is 338 g/mol. The summed E-state index contributed by atoms with van der Waals surface area (Å²) in [5, 5.41) is 0. The van der Waals surface area contributed by atoms with Gasteiger partial charge < -0.3 is 4.74 Å². The Balaban J connectivity index is 1.93. The number of hydrogen-bond acceptors (Lipinski definition) is 4. The highest BCUT2D eigenvalue weighted by atomic mass is 32.2. The second kappa shape index (κ2) is 6.79. The van der Waals surface area contributed by atoms with Crippen LogP contribution in [0.25, 0.3) is 6.08 Å². The van der Waals surface area contributed by atoms with Crippen molar-refractivity contribution in [2.45, 2.75) is 13.8 Å². The van der Waals surface area contributed by atoms with E-state index in [0.717, 1.165) is 22.6 Å². The molecule has 0 atom stereocenters. The Hall–Kier alpha value is -2.11. The van der Waals surface area contributed by atoms with E-state index in [9.17, 15) is 4.79 Å². The molecule has 0 unspecified atom stereocenters. The molecule has 1 fully saturated rings. The van der Waals surface area contributed by atoms with Gasteiger partial charge in [-0.15, -0.1) is 0 Å². The maximum Gasteiger partial charge on any atom is 0.270 e. The largest absolute Gasteiger partial charge is 0.497 e. The summed E-state index contributed by atoms with van der Waals surface area (Å²) in [6, 6.07) is 13.5. The van der Waals surface area contributed by atoms with Crippen molar-refractivity contribution in [1.82, 2.24) is 0 Å². The fourth-order valence-corrected chi connectivity index (χ4v) is 3.74. The zero-order valence-electron chi connectivity index (χ0n) is 13.7. The van der Waals surface area contributed by atoms with Crippen LogP contribution in [0, 0.1) is 13.8 Å². The number of ether oxygens (including phenoxy) is 1. The second-order valence-corrected chi connectivity index (χ2v) is 7.24. The number of carbonyl (C=O) groups is 1. The van der Waals surface area contributed by atoms with E-state index in [0.29, 0.717) is 9.23 Å². The lowest BCUT2D eigenvalue weighted by molar-refractivity contribution is -0.113. The van der Waals surface area contributed by atoms with Crippen LogP contribution < -0.4 is 9.64 Å². The molecule has 2 aromatic rings. The van der Waals surface area contributed by atoms with Crippen molar-refractivity contribution >= 4 is 46.0 Å². The Morgan fingerprint density at radius 2 is 1.92 bits per heavy atom. The number of nitrogens with zero attached hydrogens (tertiary/aromatic N) is 1. The third kappa shape index (κ3) is 3.23. The van der Waals surface area contributed by atoms with Crippen molar-refractivity contribution in [1.29, 1.82) is 0 Å². The first-order valence-corrected chi connectivity index (χ1v) is 8.71. The molecule has 1 aliphatic heterocycles. The van der Waals surface area contributed by atoms with Gasteiger partial charge in [-0.25, -0.2) is 0 Å². The molecule has 24 heavy (non-hydrogen) atoms. The van der Waals surface area contributed by atoms with Crippen LogP contribution in [0.4, 0.5) is 5.69 Å². The average molecular weight is 355 g/mol. The molecule has 0 aromatic heterocycles. The van der Waals surface area contributed by atoms with Gasteiger partial charge in [-0.2, -0.15) is 0 Å². The fourth-order valence-electron chi connectivity index (χ4n) is 2.44. The number of benzene rings is 2. The lowest BCUT2D eigenvalue weighted by atomic mass is 10.1. The molecule has 1 aliphatic rings. The molecule has 3 rings (SSSR count). The first kappa shape index (κ1) is 16.7. The Bertz CT molecular complexity index is 858. The number of carbonyl (C=O) groups excluding carboxylic acids is 1. The molecule has 1 amide bonds. The SMILES string of the molecule is COc1cccc(C=C2SC(=S)N(c3ccc(C)c(C)c3)C2=O)c1. The van der Waals surface area contributed by atoms with Crippen molar-refractivity contribution in [3.05, 3.63) is 64.1 Å². The zero-order chi connectivity index (χ0) is 17.3. The van der Waals surface area contributed by atoms with Crippen LogP contribution in [0.5, 0.6) is 5.75 Å². The smallest absolute Gasteiger partial charge is 0.270 e. The van der Waals surface area contributed by atoms with Gasteiger partial charge in [-0.1, -0.05) is 42.2 Å². The molecule has 0 N–H and O–H groups in total. The summed E-state index contributed by atoms with van der Waals surface area (Å²) < 4.78 is 5.78. The summed E-state index contributed by atoms with van der Waals surface area (Å²) in [5.41, 5.74) is 4.05. The predicted octanol–water partition coefficient (Wildman–Crippen LogP) is 4.72. The number of thiocarbonyl (C=S) groups is 1. The van der Waals surface area contributed by atoms with Crippen LogP contribution in [-0.2, 0) is 4.79 Å². The zero-order valence-corrected chi connectivity index (χ0v) is 15.3. The first-order chi connectivity index (χ1) is 11.5. The van der Waals surface area contributed by atoms with Crippen molar-refractivity contribution in [3.8, 4) is 5.75 Å². The standard InChI is InChI=1S/C19H17NO2S2/c1-12-7-8-15(9-13(12)2)20-18(21)17(24-19(20)23)11-14-5-4-6-16(10-14)22-3/h4-11H,1-3H3. The molecule has 3 nitrogen and oxygen atoms in total. The van der Waals surface area contributed by atoms with E-state index < -0.39 is 0 Å². The van der Waals surface area contributed by atoms with Crippen LogP contribution >= 0.6 is 24.0 Å². The topological polar surface area (TPSA) is 29.5 Å². The summed E-state index contributed by atoms with van der Waals surface area (Å²) in [6.07, 6.45) is 1.85. The van der Waals surface area contributed by atoms with E-state index in [1.165, 1.54) is 17.3 Å². The van der Waals surface area contributed by atoms with Crippen LogP contribution in [-0.4, -0.2) is 17.3 Å². The highest BCUT2D eigenvalue weighted by molar-refractivity contribution is 8.27. The number of methoxy groups -OCH3 is 1. The van der Waals surface area contributed by atoms with Crippen LogP contribution in [0.15, 0.2) is 47.4 Å². The van der Waals surface area contributed by atoms with E-state index in [1.54, 1.807) is 12.0 Å². The van der Waals surface area contributed by atoms with Gasteiger partial charge in [0.2, 0.25) is 0 Å². The molecule has 1 saturated heterocycles.